The fraction of sp³-hybridized carbons (Fsp3) is 0.350. The molecule has 1 aliphatic carbocycles. The summed E-state index contributed by atoms with van der Waals surface area (Å²) in [5.74, 6) is 1.23. The molecule has 0 unspecified atom stereocenters. The first-order valence-electron chi connectivity index (χ1n) is 8.32. The second-order valence-electron chi connectivity index (χ2n) is 6.08. The van der Waals surface area contributed by atoms with Gasteiger partial charge in [0.1, 0.15) is 5.75 Å². The Balaban J connectivity index is 1.55. The first-order valence-corrected chi connectivity index (χ1v) is 8.32. The molecular formula is C20H23NO2. The van der Waals surface area contributed by atoms with Crippen molar-refractivity contribution in [1.29, 1.82) is 0 Å². The molecule has 23 heavy (non-hydrogen) atoms. The normalized spacial score (nSPS) is 15.0. The van der Waals surface area contributed by atoms with Crippen LogP contribution in [0.3, 0.4) is 0 Å². The minimum atomic E-state index is -0.0645. The van der Waals surface area contributed by atoms with Crippen molar-refractivity contribution in [1.82, 2.24) is 5.32 Å². The van der Waals surface area contributed by atoms with E-state index >= 15 is 0 Å². The molecule has 0 radical (unpaired) electrons. The highest BCUT2D eigenvalue weighted by Gasteiger charge is 2.33. The number of carbonyl (C=O) groups is 1. The van der Waals surface area contributed by atoms with Crippen LogP contribution in [0.4, 0.5) is 0 Å². The second kappa shape index (κ2) is 7.32. The molecule has 3 rings (SSSR count). The molecule has 1 amide bonds. The standard InChI is InChI=1S/C20H23NO2/c1-2-15-8-12-18(13-9-15)23-14-19(22)21-20(17-10-11-17)16-6-4-3-5-7-16/h3-9,12-13,17,20H,2,10-11,14H2,1H3,(H,21,22)/t20-/m1/s1. The topological polar surface area (TPSA) is 38.3 Å². The number of nitrogens with one attached hydrogen (secondary N) is 1. The molecule has 120 valence electrons. The quantitative estimate of drug-likeness (QED) is 0.842. The van der Waals surface area contributed by atoms with Crippen LogP contribution in [0, 0.1) is 5.92 Å². The van der Waals surface area contributed by atoms with Crippen LogP contribution < -0.4 is 10.1 Å². The van der Waals surface area contributed by atoms with Crippen molar-refractivity contribution in [2.45, 2.75) is 32.2 Å². The summed E-state index contributed by atoms with van der Waals surface area (Å²) in [6, 6.07) is 18.2. The highest BCUT2D eigenvalue weighted by molar-refractivity contribution is 5.78. The Morgan fingerprint density at radius 3 is 2.43 bits per heavy atom. The van der Waals surface area contributed by atoms with E-state index in [1.54, 1.807) is 0 Å². The zero-order valence-corrected chi connectivity index (χ0v) is 13.5. The van der Waals surface area contributed by atoms with Crippen LogP contribution in [0.15, 0.2) is 54.6 Å². The molecule has 3 heteroatoms. The van der Waals surface area contributed by atoms with Gasteiger partial charge in [-0.2, -0.15) is 0 Å². The zero-order chi connectivity index (χ0) is 16.1. The van der Waals surface area contributed by atoms with Gasteiger partial charge in [-0.3, -0.25) is 4.79 Å². The van der Waals surface area contributed by atoms with E-state index in [1.165, 1.54) is 24.0 Å². The van der Waals surface area contributed by atoms with Gasteiger partial charge in [-0.25, -0.2) is 0 Å². The summed E-state index contributed by atoms with van der Waals surface area (Å²) in [5.41, 5.74) is 2.44. The molecule has 2 aromatic carbocycles. The molecule has 0 aromatic heterocycles. The second-order valence-corrected chi connectivity index (χ2v) is 6.08. The Morgan fingerprint density at radius 1 is 1.13 bits per heavy atom. The third-order valence-electron chi connectivity index (χ3n) is 4.27. The Labute approximate surface area is 137 Å². The number of rotatable bonds is 7. The van der Waals surface area contributed by atoms with Crippen molar-refractivity contribution in [3.63, 3.8) is 0 Å². The predicted octanol–water partition coefficient (Wildman–Crippen LogP) is 3.90. The summed E-state index contributed by atoms with van der Waals surface area (Å²) in [5, 5.41) is 3.12. The van der Waals surface area contributed by atoms with Gasteiger partial charge < -0.3 is 10.1 Å². The van der Waals surface area contributed by atoms with Crippen LogP contribution in [-0.2, 0) is 11.2 Å². The van der Waals surface area contributed by atoms with Crippen LogP contribution >= 0.6 is 0 Å². The number of amides is 1. The molecule has 1 atom stereocenters. The van der Waals surface area contributed by atoms with Gasteiger partial charge in [-0.1, -0.05) is 49.4 Å². The van der Waals surface area contributed by atoms with Gasteiger partial charge in [-0.15, -0.1) is 0 Å². The van der Waals surface area contributed by atoms with Gasteiger partial charge in [0, 0.05) is 0 Å². The highest BCUT2D eigenvalue weighted by Crippen LogP contribution is 2.40. The maximum atomic E-state index is 12.2. The lowest BCUT2D eigenvalue weighted by Gasteiger charge is -2.19. The SMILES string of the molecule is CCc1ccc(OCC(=O)N[C@H](c2ccccc2)C2CC2)cc1. The van der Waals surface area contributed by atoms with Crippen molar-refractivity contribution < 1.29 is 9.53 Å². The number of carbonyl (C=O) groups excluding carboxylic acids is 1. The number of aryl methyl sites for hydroxylation is 1. The molecule has 1 saturated carbocycles. The summed E-state index contributed by atoms with van der Waals surface area (Å²) in [6.07, 6.45) is 3.36. The largest absolute Gasteiger partial charge is 0.484 e. The number of hydrogen-bond donors (Lipinski definition) is 1. The zero-order valence-electron chi connectivity index (χ0n) is 13.5. The van der Waals surface area contributed by atoms with E-state index in [9.17, 15) is 4.79 Å². The number of hydrogen-bond acceptors (Lipinski definition) is 2. The van der Waals surface area contributed by atoms with Crippen LogP contribution in [0.25, 0.3) is 0 Å². The maximum absolute atomic E-state index is 12.2. The fourth-order valence-electron chi connectivity index (χ4n) is 2.75. The molecule has 0 heterocycles. The van der Waals surface area contributed by atoms with E-state index in [1.807, 2.05) is 42.5 Å². The van der Waals surface area contributed by atoms with Gasteiger partial charge in [0.2, 0.25) is 0 Å². The monoisotopic (exact) mass is 309 g/mol. The van der Waals surface area contributed by atoms with E-state index in [0.29, 0.717) is 5.92 Å². The van der Waals surface area contributed by atoms with E-state index in [4.69, 9.17) is 4.74 Å². The lowest BCUT2D eigenvalue weighted by molar-refractivity contribution is -0.124. The fourth-order valence-corrected chi connectivity index (χ4v) is 2.75. The smallest absolute Gasteiger partial charge is 0.258 e. The van der Waals surface area contributed by atoms with Crippen LogP contribution in [0.1, 0.15) is 36.9 Å². The van der Waals surface area contributed by atoms with E-state index in [2.05, 4.69) is 24.4 Å². The number of benzene rings is 2. The van der Waals surface area contributed by atoms with Crippen molar-refractivity contribution >= 4 is 5.91 Å². The molecule has 1 aliphatic rings. The Kier molecular flexibility index (Phi) is 4.96. The molecule has 0 spiro atoms. The minimum Gasteiger partial charge on any atom is -0.484 e. The third-order valence-corrected chi connectivity index (χ3v) is 4.27. The molecule has 1 fully saturated rings. The average molecular weight is 309 g/mol. The van der Waals surface area contributed by atoms with E-state index in [0.717, 1.165) is 12.2 Å². The molecule has 0 aliphatic heterocycles. The Morgan fingerprint density at radius 2 is 1.83 bits per heavy atom. The van der Waals surface area contributed by atoms with E-state index < -0.39 is 0 Å². The minimum absolute atomic E-state index is 0.0571. The lowest BCUT2D eigenvalue weighted by atomic mass is 10.0. The summed E-state index contributed by atoms with van der Waals surface area (Å²) in [6.45, 7) is 2.17. The van der Waals surface area contributed by atoms with Gasteiger partial charge >= 0.3 is 0 Å². The van der Waals surface area contributed by atoms with Gasteiger partial charge in [0.15, 0.2) is 6.61 Å². The Hall–Kier alpha value is -2.29. The molecule has 3 nitrogen and oxygen atoms in total. The summed E-state index contributed by atoms with van der Waals surface area (Å²) in [4.78, 5) is 12.2. The number of ether oxygens (including phenoxy) is 1. The average Bonchev–Trinajstić information content (AvgIpc) is 3.44. The summed E-state index contributed by atoms with van der Waals surface area (Å²) >= 11 is 0. The van der Waals surface area contributed by atoms with Crippen LogP contribution in [0.5, 0.6) is 5.75 Å². The first kappa shape index (κ1) is 15.6. The first-order chi connectivity index (χ1) is 11.3. The van der Waals surface area contributed by atoms with Crippen molar-refractivity contribution in [3.8, 4) is 5.75 Å². The maximum Gasteiger partial charge on any atom is 0.258 e. The van der Waals surface area contributed by atoms with Gasteiger partial charge in [-0.05, 0) is 48.4 Å². The van der Waals surface area contributed by atoms with Gasteiger partial charge in [0.05, 0.1) is 6.04 Å². The predicted molar refractivity (Wildman–Crippen MR) is 91.4 cm³/mol. The molecule has 1 N–H and O–H groups in total. The van der Waals surface area contributed by atoms with Crippen molar-refractivity contribution in [3.05, 3.63) is 65.7 Å². The van der Waals surface area contributed by atoms with Crippen LogP contribution in [-0.4, -0.2) is 12.5 Å². The Bertz CT molecular complexity index is 632. The summed E-state index contributed by atoms with van der Waals surface area (Å²) in [7, 11) is 0. The highest BCUT2D eigenvalue weighted by atomic mass is 16.5. The molecule has 0 bridgehead atoms. The lowest BCUT2D eigenvalue weighted by Crippen LogP contribution is -2.33. The molecule has 0 saturated heterocycles. The third kappa shape index (κ3) is 4.35. The summed E-state index contributed by atoms with van der Waals surface area (Å²) < 4.78 is 5.59. The van der Waals surface area contributed by atoms with E-state index in [-0.39, 0.29) is 18.6 Å². The van der Waals surface area contributed by atoms with Gasteiger partial charge in [0.25, 0.3) is 5.91 Å². The van der Waals surface area contributed by atoms with Crippen LogP contribution in [0.2, 0.25) is 0 Å². The molecule has 2 aromatic rings. The van der Waals surface area contributed by atoms with Crippen molar-refractivity contribution in [2.24, 2.45) is 5.92 Å². The molecular weight excluding hydrogens is 286 g/mol. The van der Waals surface area contributed by atoms with Crippen molar-refractivity contribution in [2.75, 3.05) is 6.61 Å².